The van der Waals surface area contributed by atoms with Crippen LogP contribution in [-0.4, -0.2) is 404 Å². The summed E-state index contributed by atoms with van der Waals surface area (Å²) in [6, 6.07) is 40.5. The zero-order valence-electron chi connectivity index (χ0n) is 91.1. The topological polar surface area (TPSA) is 192 Å². The number of aryl methyl sites for hydroxylation is 4. The van der Waals surface area contributed by atoms with E-state index in [0.29, 0.717) is 54.2 Å². The molecule has 16 rings (SSSR count). The van der Waals surface area contributed by atoms with Crippen LogP contribution in [0.5, 0.6) is 23.1 Å². The fourth-order valence-electron chi connectivity index (χ4n) is 18.6. The summed E-state index contributed by atoms with van der Waals surface area (Å²) in [7, 11) is 6.71. The van der Waals surface area contributed by atoms with Crippen LogP contribution in [0.3, 0.4) is 0 Å². The monoisotopic (exact) mass is 1930 g/mol. The maximum Gasteiger partial charge on any atom is 0.213 e. The van der Waals surface area contributed by atoms with E-state index >= 15 is 0 Å². The first-order valence-corrected chi connectivity index (χ1v) is 52.7. The van der Waals surface area contributed by atoms with Crippen molar-refractivity contribution in [3.05, 3.63) is 214 Å². The first-order valence-electron chi connectivity index (χ1n) is 52.7. The van der Waals surface area contributed by atoms with Crippen molar-refractivity contribution in [3.8, 4) is 23.1 Å². The average Bonchev–Trinajstić information content (AvgIpc) is 0.890. The lowest BCUT2D eigenvalue weighted by molar-refractivity contribution is 0.103. The van der Waals surface area contributed by atoms with E-state index < -0.39 is 0 Å². The molecule has 8 aromatic heterocycles. The third-order valence-corrected chi connectivity index (χ3v) is 28.1. The SMILES string of the molecule is COc1ccc(CN2CCN(C(C)C)CC2)nc1.COc1cccc(CN2CCN(C(C)C)CC2)n1.COc1ccnc(CN2CCN(C(C)C)CC2)c1.COc1cncc(CN2CCN(C(C)C)CC2)c1.Cc1cc(CN2CCN(C(C)C)CC2)ccn1.Cc1ccc(CN2CCN(C(C)C)CC2)cn1.Cc1ccc(CN2CCN(C(C)C)CC2)nc1.Cc1cccc(CN2CCN(C(C)C)CC2)n1. The highest BCUT2D eigenvalue weighted by Gasteiger charge is 2.28. The van der Waals surface area contributed by atoms with Gasteiger partial charge in [0.05, 0.1) is 69.3 Å². The van der Waals surface area contributed by atoms with Gasteiger partial charge in [-0.15, -0.1) is 0 Å². The molecular formula is C112H184N24O4. The van der Waals surface area contributed by atoms with Crippen LogP contribution in [0.1, 0.15) is 179 Å². The van der Waals surface area contributed by atoms with Gasteiger partial charge in [0.25, 0.3) is 0 Å². The number of piperazine rings is 8. The van der Waals surface area contributed by atoms with Crippen LogP contribution in [0.2, 0.25) is 0 Å². The summed E-state index contributed by atoms with van der Waals surface area (Å²) >= 11 is 0. The first-order chi connectivity index (χ1) is 67.3. The lowest BCUT2D eigenvalue weighted by Crippen LogP contribution is -2.48. The highest BCUT2D eigenvalue weighted by Crippen LogP contribution is 2.22. The van der Waals surface area contributed by atoms with Crippen molar-refractivity contribution in [1.82, 2.24) is 118 Å². The summed E-state index contributed by atoms with van der Waals surface area (Å²) in [5, 5.41) is 0. The van der Waals surface area contributed by atoms with Gasteiger partial charge in [0, 0.05) is 370 Å². The number of aromatic nitrogens is 8. The largest absolute Gasteiger partial charge is 0.497 e. The molecule has 0 unspecified atom stereocenters. The van der Waals surface area contributed by atoms with Crippen molar-refractivity contribution in [2.45, 2.75) is 239 Å². The van der Waals surface area contributed by atoms with Crippen LogP contribution < -0.4 is 18.9 Å². The average molecular weight is 1930 g/mol. The molecule has 0 aliphatic carbocycles. The number of hydrogen-bond acceptors (Lipinski definition) is 28. The predicted octanol–water partition coefficient (Wildman–Crippen LogP) is 14.1. The van der Waals surface area contributed by atoms with Crippen molar-refractivity contribution in [2.75, 3.05) is 238 Å². The highest BCUT2D eigenvalue weighted by molar-refractivity contribution is 5.25. The minimum absolute atomic E-state index is 0.655. The van der Waals surface area contributed by atoms with E-state index in [2.05, 4.69) is 317 Å². The molecule has 0 saturated carbocycles. The summed E-state index contributed by atoms with van der Waals surface area (Å²) in [5.74, 6) is 3.26. The summed E-state index contributed by atoms with van der Waals surface area (Å²) < 4.78 is 20.7. The highest BCUT2D eigenvalue weighted by atomic mass is 16.5. The van der Waals surface area contributed by atoms with E-state index in [1.165, 1.54) is 112 Å². The quantitative estimate of drug-likeness (QED) is 0.0449. The third-order valence-electron chi connectivity index (χ3n) is 28.1. The van der Waals surface area contributed by atoms with Gasteiger partial charge in [-0.05, 0) is 227 Å². The number of ether oxygens (including phenoxy) is 4. The van der Waals surface area contributed by atoms with E-state index in [4.69, 9.17) is 18.9 Å². The van der Waals surface area contributed by atoms with Gasteiger partial charge in [-0.2, -0.15) is 0 Å². The Morgan fingerprint density at radius 3 is 0.936 bits per heavy atom. The van der Waals surface area contributed by atoms with Crippen molar-refractivity contribution >= 4 is 0 Å². The molecule has 8 aliphatic heterocycles. The van der Waals surface area contributed by atoms with Crippen LogP contribution in [0.4, 0.5) is 0 Å². The van der Waals surface area contributed by atoms with Crippen molar-refractivity contribution in [1.29, 1.82) is 0 Å². The molecule has 140 heavy (non-hydrogen) atoms. The summed E-state index contributed by atoms with van der Waals surface area (Å²) in [5.41, 5.74) is 14.2. The predicted molar refractivity (Wildman–Crippen MR) is 575 cm³/mol. The molecule has 0 spiro atoms. The van der Waals surface area contributed by atoms with Crippen molar-refractivity contribution in [3.63, 3.8) is 0 Å². The molecule has 0 N–H and O–H groups in total. The summed E-state index contributed by atoms with van der Waals surface area (Å²) in [6.07, 6.45) is 13.2. The Labute approximate surface area is 846 Å². The number of nitrogens with zero attached hydrogens (tertiary/aromatic N) is 24. The van der Waals surface area contributed by atoms with E-state index in [1.54, 1.807) is 40.8 Å². The summed E-state index contributed by atoms with van der Waals surface area (Å²) in [6.45, 7) is 89.5. The molecule has 0 bridgehead atoms. The number of methoxy groups -OCH3 is 4. The van der Waals surface area contributed by atoms with Gasteiger partial charge >= 0.3 is 0 Å². The van der Waals surface area contributed by atoms with Gasteiger partial charge in [0.15, 0.2) is 0 Å². The first kappa shape index (κ1) is 115. The fourth-order valence-corrected chi connectivity index (χ4v) is 18.6. The molecule has 8 saturated heterocycles. The second-order valence-corrected chi connectivity index (χ2v) is 41.2. The molecular weight excluding hydrogens is 1750 g/mol. The fraction of sp³-hybridized carbons (Fsp3) is 0.643. The number of pyridine rings is 8. The third kappa shape index (κ3) is 43.0. The molecule has 0 aromatic carbocycles. The molecule has 776 valence electrons. The van der Waals surface area contributed by atoms with Crippen molar-refractivity contribution < 1.29 is 18.9 Å². The number of hydrogen-bond donors (Lipinski definition) is 0. The normalized spacial score (nSPS) is 18.5. The zero-order valence-corrected chi connectivity index (χ0v) is 91.1. The van der Waals surface area contributed by atoms with Crippen LogP contribution in [0.15, 0.2) is 147 Å². The molecule has 8 aromatic rings. The van der Waals surface area contributed by atoms with Crippen molar-refractivity contribution in [2.24, 2.45) is 0 Å². The van der Waals surface area contributed by atoms with E-state index in [9.17, 15) is 0 Å². The molecule has 16 heterocycles. The van der Waals surface area contributed by atoms with Crippen LogP contribution in [-0.2, 0) is 52.4 Å². The van der Waals surface area contributed by atoms with Gasteiger partial charge in [0.1, 0.15) is 17.2 Å². The minimum Gasteiger partial charge on any atom is -0.497 e. The van der Waals surface area contributed by atoms with Gasteiger partial charge in [-0.3, -0.25) is 113 Å². The van der Waals surface area contributed by atoms with E-state index in [0.717, 1.165) is 235 Å². The lowest BCUT2D eigenvalue weighted by atomic mass is 10.2. The minimum atomic E-state index is 0.655. The molecule has 28 nitrogen and oxygen atoms in total. The van der Waals surface area contributed by atoms with Gasteiger partial charge in [-0.1, -0.05) is 24.3 Å². The van der Waals surface area contributed by atoms with Gasteiger partial charge < -0.3 is 18.9 Å². The Kier molecular flexibility index (Phi) is 51.5. The Bertz CT molecular complexity index is 4280. The molecule has 28 heteroatoms. The molecule has 8 fully saturated rings. The van der Waals surface area contributed by atoms with Crippen LogP contribution in [0.25, 0.3) is 0 Å². The molecule has 0 amide bonds. The standard InChI is InChI=1S/4C14H23N3O.4C14H23N3/c1-12(2)17-6-4-16(5-7-17)11-13-8-14(18-3)10-15-9-13;1-12(2)17-8-6-16(7-9-17)11-13-10-14(18-3)4-5-15-13;1-12(2)17-8-6-16(7-9-17)11-13-4-5-14(18-3)10-15-13;1-12(2)17-9-7-16(8-10-17)11-13-5-4-6-14(15-13)18-3;1-12(2)17-8-6-16(7-9-17)11-14-4-5-15-13(3)10-14;1-12(2)17-8-6-16(7-9-17)11-14-5-4-13(3)15-10-14;1-12(2)17-8-6-16(7-9-17)11-14-5-4-13(3)10-15-14;1-12(2)17-9-7-16(8-10-17)11-14-6-4-5-13(3)15-14/h8-10,12H,4-7,11H2,1-3H3;2*4-5,10,12H,6-9,11H2,1-3H3;4-6,12H,7-11H2,1-3H3;3*4-5,10,12H,6-9,11H2,1-3H3;4-6,12H,7-11H2,1-3H3. The lowest BCUT2D eigenvalue weighted by Gasteiger charge is -2.36. The van der Waals surface area contributed by atoms with Gasteiger partial charge in [-0.25, -0.2) is 4.98 Å². The van der Waals surface area contributed by atoms with Crippen LogP contribution >= 0.6 is 0 Å². The Balaban J connectivity index is 0.000000179. The smallest absolute Gasteiger partial charge is 0.213 e. The van der Waals surface area contributed by atoms with Gasteiger partial charge in [0.2, 0.25) is 5.88 Å². The second-order valence-electron chi connectivity index (χ2n) is 41.2. The number of rotatable bonds is 28. The van der Waals surface area contributed by atoms with Crippen LogP contribution in [0, 0.1) is 27.7 Å². The Morgan fingerprint density at radius 2 is 0.586 bits per heavy atom. The zero-order chi connectivity index (χ0) is 101. The Morgan fingerprint density at radius 1 is 0.229 bits per heavy atom. The summed E-state index contributed by atoms with van der Waals surface area (Å²) in [4.78, 5) is 75.3. The second kappa shape index (κ2) is 62.5. The molecule has 0 atom stereocenters. The molecule has 0 radical (unpaired) electrons. The molecule has 8 aliphatic rings. The van der Waals surface area contributed by atoms with E-state index in [-0.39, 0.29) is 0 Å². The maximum atomic E-state index is 5.23. The maximum absolute atomic E-state index is 5.23. The van der Waals surface area contributed by atoms with E-state index in [1.807, 2.05) is 74.3 Å². The Hall–Kier alpha value is -8.24.